The van der Waals surface area contributed by atoms with E-state index in [4.69, 9.17) is 10.5 Å². The number of aromatic carboxylic acids is 1. The molecule has 180 valence electrons. The van der Waals surface area contributed by atoms with Crippen molar-refractivity contribution in [1.82, 2.24) is 0 Å². The van der Waals surface area contributed by atoms with Crippen LogP contribution in [0, 0.1) is 0 Å². The minimum Gasteiger partial charge on any atom is -0.478 e. The van der Waals surface area contributed by atoms with Crippen molar-refractivity contribution in [3.05, 3.63) is 75.2 Å². The van der Waals surface area contributed by atoms with Gasteiger partial charge in [0.05, 0.1) is 11.3 Å². The number of carbonyl (C=O) groups is 2. The van der Waals surface area contributed by atoms with Gasteiger partial charge in [0.2, 0.25) is 0 Å². The molecule has 0 aromatic heterocycles. The Bertz CT molecular complexity index is 1790. The van der Waals surface area contributed by atoms with Crippen LogP contribution in [-0.2, 0) is 20.2 Å². The van der Waals surface area contributed by atoms with Gasteiger partial charge in [0.1, 0.15) is 11.2 Å². The topological polar surface area (TPSA) is 198 Å². The van der Waals surface area contributed by atoms with E-state index in [1.807, 2.05) is 0 Å². The third kappa shape index (κ3) is 3.95. The normalized spacial score (nSPS) is 12.9. The lowest BCUT2D eigenvalue weighted by molar-refractivity contribution is 0.0696. The highest BCUT2D eigenvalue weighted by Gasteiger charge is 2.33. The molecular weight excluding hydrogens is 502 g/mol. The van der Waals surface area contributed by atoms with E-state index in [1.54, 1.807) is 0 Å². The molecule has 0 spiro atoms. The van der Waals surface area contributed by atoms with Crippen LogP contribution >= 0.6 is 0 Å². The highest BCUT2D eigenvalue weighted by atomic mass is 32.2. The number of aldehydes is 1. The van der Waals surface area contributed by atoms with Gasteiger partial charge in [-0.2, -0.15) is 16.8 Å². The Hall–Kier alpha value is -4.04. The van der Waals surface area contributed by atoms with Crippen molar-refractivity contribution < 1.29 is 45.4 Å². The van der Waals surface area contributed by atoms with Gasteiger partial charge in [0, 0.05) is 21.9 Å². The number of ether oxygens (including phenoxy) is 1. The number of nitrogen functional groups attached to an aromatic ring is 1. The van der Waals surface area contributed by atoms with E-state index in [9.17, 15) is 40.6 Å². The predicted molar refractivity (Wildman–Crippen MR) is 122 cm³/mol. The first-order valence-corrected chi connectivity index (χ1v) is 12.4. The van der Waals surface area contributed by atoms with Crippen molar-refractivity contribution in [3.63, 3.8) is 0 Å². The van der Waals surface area contributed by atoms with Crippen LogP contribution in [0.5, 0.6) is 11.5 Å². The van der Waals surface area contributed by atoms with Gasteiger partial charge in [-0.1, -0.05) is 24.8 Å². The molecular formula is C22H15NO10S2. The first-order chi connectivity index (χ1) is 16.3. The number of rotatable bonds is 5. The second-order valence-electron chi connectivity index (χ2n) is 7.45. The lowest BCUT2D eigenvalue weighted by atomic mass is 9.88. The predicted octanol–water partition coefficient (Wildman–Crippen LogP) is 1.04. The highest BCUT2D eigenvalue weighted by molar-refractivity contribution is 7.86. The summed E-state index contributed by atoms with van der Waals surface area (Å²) in [4.78, 5) is 21.6. The van der Waals surface area contributed by atoms with E-state index >= 15 is 0 Å². The molecule has 3 aromatic carbocycles. The van der Waals surface area contributed by atoms with E-state index in [2.05, 4.69) is 6.58 Å². The molecule has 13 heteroatoms. The fourth-order valence-corrected chi connectivity index (χ4v) is 5.43. The first kappa shape index (κ1) is 24.1. The van der Waals surface area contributed by atoms with Gasteiger partial charge in [-0.05, 0) is 35.0 Å². The van der Waals surface area contributed by atoms with E-state index < -0.39 is 53.2 Å². The van der Waals surface area contributed by atoms with Crippen LogP contribution in [0.2, 0.25) is 0 Å². The second kappa shape index (κ2) is 8.02. The van der Waals surface area contributed by atoms with Crippen molar-refractivity contribution in [2.75, 3.05) is 5.73 Å². The lowest BCUT2D eigenvalue weighted by Gasteiger charge is -2.25. The Morgan fingerprint density at radius 2 is 1.54 bits per heavy atom. The summed E-state index contributed by atoms with van der Waals surface area (Å²) in [7, 11) is -10.0. The van der Waals surface area contributed by atoms with Gasteiger partial charge in [0.15, 0.2) is 16.4 Å². The maximum absolute atomic E-state index is 12.2. The van der Waals surface area contributed by atoms with Crippen LogP contribution in [0.25, 0.3) is 12.2 Å². The zero-order valence-corrected chi connectivity index (χ0v) is 19.1. The van der Waals surface area contributed by atoms with Gasteiger partial charge in [-0.25, -0.2) is 4.79 Å². The molecule has 0 fully saturated rings. The summed E-state index contributed by atoms with van der Waals surface area (Å²) in [5.41, 5.74) is 4.85. The monoisotopic (exact) mass is 517 g/mol. The Kier molecular flexibility index (Phi) is 5.52. The van der Waals surface area contributed by atoms with Crippen molar-refractivity contribution >= 4 is 50.3 Å². The standard InChI is InChI=1S/C22H15NO10S2/c1-10-2-4-13-17(12-5-3-11(9-24)8-15(12)22(25)26)14-6-7-16(23)21(35(30,31)32)19(14)33-18(13)20(10)34(27,28)29/h2-9H,1,23H2,(H,25,26)(H,27,28,29)(H,30,31,32). The molecule has 1 aliphatic rings. The number of carboxylic acids is 1. The average Bonchev–Trinajstić information content (AvgIpc) is 2.75. The number of nitrogens with two attached hydrogens (primary N) is 1. The minimum atomic E-state index is -5.03. The molecule has 35 heavy (non-hydrogen) atoms. The summed E-state index contributed by atoms with van der Waals surface area (Å²) in [6, 6.07) is 8.66. The Labute approximate surface area is 197 Å². The molecule has 1 heterocycles. The van der Waals surface area contributed by atoms with Gasteiger partial charge >= 0.3 is 5.97 Å². The average molecular weight is 517 g/mol. The van der Waals surface area contributed by atoms with Crippen LogP contribution < -0.4 is 20.9 Å². The van der Waals surface area contributed by atoms with Crippen LogP contribution in [0.4, 0.5) is 5.69 Å². The van der Waals surface area contributed by atoms with Crippen LogP contribution in [-0.4, -0.2) is 43.3 Å². The summed E-state index contributed by atoms with van der Waals surface area (Å²) >= 11 is 0. The van der Waals surface area contributed by atoms with E-state index in [-0.39, 0.29) is 38.3 Å². The quantitative estimate of drug-likeness (QED) is 0.167. The van der Waals surface area contributed by atoms with Gasteiger partial charge in [0.25, 0.3) is 20.2 Å². The number of carbonyl (C=O) groups excluding carboxylic acids is 1. The maximum Gasteiger partial charge on any atom is 0.336 e. The molecule has 0 amide bonds. The summed E-state index contributed by atoms with van der Waals surface area (Å²) < 4.78 is 74.0. The summed E-state index contributed by atoms with van der Waals surface area (Å²) in [5, 5.41) is 9.56. The Balaban J connectivity index is 2.33. The molecule has 11 nitrogen and oxygen atoms in total. The SMILES string of the molecule is C=c1ccc2c(c1S(=O)(=O)O)Oc1c(ccc(N)c1S(=O)(=O)O)C=2c1ccc(C=O)cc1C(=O)O. The molecule has 0 atom stereocenters. The van der Waals surface area contributed by atoms with Crippen LogP contribution in [0.1, 0.15) is 31.8 Å². The summed E-state index contributed by atoms with van der Waals surface area (Å²) in [6.07, 6.45) is 0.426. The first-order valence-electron chi connectivity index (χ1n) is 9.50. The Morgan fingerprint density at radius 3 is 2.11 bits per heavy atom. The second-order valence-corrected chi connectivity index (χ2v) is 10.2. The van der Waals surface area contributed by atoms with Gasteiger partial charge < -0.3 is 15.6 Å². The smallest absolute Gasteiger partial charge is 0.336 e. The largest absolute Gasteiger partial charge is 0.478 e. The zero-order valence-electron chi connectivity index (χ0n) is 17.4. The number of hydrogen-bond donors (Lipinski definition) is 4. The third-order valence-corrected chi connectivity index (χ3v) is 7.17. The molecule has 0 saturated heterocycles. The van der Waals surface area contributed by atoms with Crippen molar-refractivity contribution in [2.45, 2.75) is 9.79 Å². The molecule has 3 aromatic rings. The number of anilines is 1. The van der Waals surface area contributed by atoms with E-state index in [1.165, 1.54) is 30.3 Å². The third-order valence-electron chi connectivity index (χ3n) is 5.27. The number of benzene rings is 3. The molecule has 0 bridgehead atoms. The fourth-order valence-electron chi connectivity index (χ4n) is 3.89. The molecule has 0 unspecified atom stereocenters. The lowest BCUT2D eigenvalue weighted by Crippen LogP contribution is -2.27. The molecule has 0 radical (unpaired) electrons. The zero-order chi connectivity index (χ0) is 25.9. The fraction of sp³-hybridized carbons (Fsp3) is 0. The highest BCUT2D eigenvalue weighted by Crippen LogP contribution is 2.44. The maximum atomic E-state index is 12.2. The number of carboxylic acid groups (broad SMARTS) is 1. The summed E-state index contributed by atoms with van der Waals surface area (Å²) in [5.74, 6) is -2.60. The van der Waals surface area contributed by atoms with Crippen molar-refractivity contribution in [3.8, 4) is 11.5 Å². The molecule has 1 aliphatic heterocycles. The van der Waals surface area contributed by atoms with Crippen LogP contribution in [0.15, 0.2) is 52.3 Å². The molecule has 5 N–H and O–H groups in total. The van der Waals surface area contributed by atoms with Gasteiger partial charge in [-0.3, -0.25) is 13.9 Å². The van der Waals surface area contributed by atoms with Crippen molar-refractivity contribution in [1.29, 1.82) is 0 Å². The Morgan fingerprint density at radius 1 is 0.914 bits per heavy atom. The molecule has 0 aliphatic carbocycles. The molecule has 4 rings (SSSR count). The molecule has 0 saturated carbocycles. The van der Waals surface area contributed by atoms with Crippen LogP contribution in [0.3, 0.4) is 0 Å². The minimum absolute atomic E-state index is 0.0223. The van der Waals surface area contributed by atoms with Gasteiger partial charge in [-0.15, -0.1) is 0 Å². The van der Waals surface area contributed by atoms with E-state index in [0.717, 1.165) is 12.1 Å². The number of fused-ring (bicyclic) bond motifs is 2. The van der Waals surface area contributed by atoms with Crippen molar-refractivity contribution in [2.24, 2.45) is 0 Å². The summed E-state index contributed by atoms with van der Waals surface area (Å²) in [6.45, 7) is 3.55. The number of hydrogen-bond acceptors (Lipinski definition) is 8. The van der Waals surface area contributed by atoms with E-state index in [0.29, 0.717) is 6.29 Å².